The van der Waals surface area contributed by atoms with E-state index in [9.17, 15) is 0 Å². The molecule has 0 spiro atoms. The quantitative estimate of drug-likeness (QED) is 0.303. The van der Waals surface area contributed by atoms with Crippen molar-refractivity contribution in [3.63, 3.8) is 0 Å². The molecule has 34 heavy (non-hydrogen) atoms. The van der Waals surface area contributed by atoms with Gasteiger partial charge in [0, 0.05) is 23.6 Å². The van der Waals surface area contributed by atoms with E-state index in [1.165, 1.54) is 28.0 Å². The lowest BCUT2D eigenvalue weighted by molar-refractivity contribution is 0.404. The Kier molecular flexibility index (Phi) is 7.36. The van der Waals surface area contributed by atoms with Crippen LogP contribution in [0.5, 0.6) is 0 Å². The Morgan fingerprint density at radius 3 is 2.21 bits per heavy atom. The molecule has 0 saturated heterocycles. The molecule has 0 amide bonds. The lowest BCUT2D eigenvalue weighted by atomic mass is 9.88. The van der Waals surface area contributed by atoms with Crippen LogP contribution in [-0.2, 0) is 12.8 Å². The number of aryl methyl sites for hydroxylation is 1. The summed E-state index contributed by atoms with van der Waals surface area (Å²) in [7, 11) is 0. The topological polar surface area (TPSA) is 50.8 Å². The highest BCUT2D eigenvalue weighted by atomic mass is 16.5. The minimum atomic E-state index is 0.305. The molecule has 1 atom stereocenters. The van der Waals surface area contributed by atoms with Crippen molar-refractivity contribution in [2.75, 3.05) is 0 Å². The first-order valence-electron chi connectivity index (χ1n) is 12.0. The first-order valence-corrected chi connectivity index (χ1v) is 12.0. The molecular weight excluding hydrogens is 418 g/mol. The van der Waals surface area contributed by atoms with Crippen LogP contribution in [0.1, 0.15) is 59.9 Å². The number of aromatic nitrogens is 1. The monoisotopic (exact) mass is 451 g/mol. The molecule has 0 aliphatic carbocycles. The molecule has 2 aromatic carbocycles. The van der Waals surface area contributed by atoms with Gasteiger partial charge in [-0.1, -0.05) is 85.4 Å². The van der Waals surface area contributed by atoms with Gasteiger partial charge in [-0.3, -0.25) is 0 Å². The summed E-state index contributed by atoms with van der Waals surface area (Å²) in [6.07, 6.45) is 4.47. The number of hydrogen-bond acceptors (Lipinski definition) is 4. The van der Waals surface area contributed by atoms with Crippen molar-refractivity contribution in [2.45, 2.75) is 52.9 Å². The Bertz CT molecular complexity index is 1230. The van der Waals surface area contributed by atoms with E-state index < -0.39 is 0 Å². The van der Waals surface area contributed by atoms with Gasteiger partial charge in [-0.15, -0.1) is 0 Å². The van der Waals surface area contributed by atoms with E-state index in [2.05, 4.69) is 84.0 Å². The summed E-state index contributed by atoms with van der Waals surface area (Å²) in [4.78, 5) is 0. The van der Waals surface area contributed by atoms with Gasteiger partial charge in [0.2, 0.25) is 0 Å². The second-order valence-electron chi connectivity index (χ2n) is 9.15. The van der Waals surface area contributed by atoms with Crippen molar-refractivity contribution < 1.29 is 4.52 Å². The fourth-order valence-electron chi connectivity index (χ4n) is 4.46. The van der Waals surface area contributed by atoms with E-state index in [4.69, 9.17) is 4.52 Å². The number of hydrogen-bond donors (Lipinski definition) is 0. The number of allylic oxidation sites excluding steroid dienone is 2. The Balaban J connectivity index is 1.28. The summed E-state index contributed by atoms with van der Waals surface area (Å²) in [5.41, 5.74) is 10.1. The van der Waals surface area contributed by atoms with E-state index in [0.29, 0.717) is 5.92 Å². The number of rotatable bonds is 10. The molecule has 174 valence electrons. The van der Waals surface area contributed by atoms with Crippen molar-refractivity contribution in [3.05, 3.63) is 107 Å². The first-order chi connectivity index (χ1) is 16.5. The molecule has 4 rings (SSSR count). The minimum absolute atomic E-state index is 0.305. The summed E-state index contributed by atoms with van der Waals surface area (Å²) >= 11 is 0. The number of benzene rings is 2. The van der Waals surface area contributed by atoms with E-state index in [1.54, 1.807) is 0 Å². The maximum atomic E-state index is 5.44. The largest absolute Gasteiger partial charge is 0.356 e. The Hall–Kier alpha value is -3.53. The average Bonchev–Trinajstić information content (AvgIpc) is 3.42. The minimum Gasteiger partial charge on any atom is -0.356 e. The molecule has 2 heterocycles. The smallest absolute Gasteiger partial charge is 0.165 e. The van der Waals surface area contributed by atoms with Crippen LogP contribution >= 0.6 is 0 Å². The van der Waals surface area contributed by atoms with Crippen molar-refractivity contribution in [3.8, 4) is 0 Å². The molecule has 4 heteroatoms. The summed E-state index contributed by atoms with van der Waals surface area (Å²) in [5.74, 6) is 1.11. The molecular formula is C30H33N3O. The SMILES string of the molecule is C=C(CCC1=NN=C(c2ccccc2)C1CC)Cc1ccc(CC(=C)c2onc(C)c2C)cc1. The van der Waals surface area contributed by atoms with Crippen LogP contribution in [0.2, 0.25) is 0 Å². The molecule has 4 nitrogen and oxygen atoms in total. The van der Waals surface area contributed by atoms with E-state index >= 15 is 0 Å². The van der Waals surface area contributed by atoms with Crippen molar-refractivity contribution in [1.29, 1.82) is 0 Å². The molecule has 3 aromatic rings. The van der Waals surface area contributed by atoms with Crippen LogP contribution in [0, 0.1) is 19.8 Å². The molecule has 1 aliphatic heterocycles. The van der Waals surface area contributed by atoms with Crippen LogP contribution in [0.15, 0.2) is 88.1 Å². The third-order valence-electron chi connectivity index (χ3n) is 6.60. The van der Waals surface area contributed by atoms with Gasteiger partial charge in [0.15, 0.2) is 5.76 Å². The Morgan fingerprint density at radius 1 is 0.912 bits per heavy atom. The van der Waals surface area contributed by atoms with Gasteiger partial charge in [-0.2, -0.15) is 10.2 Å². The predicted octanol–water partition coefficient (Wildman–Crippen LogP) is 7.31. The molecule has 1 unspecified atom stereocenters. The van der Waals surface area contributed by atoms with Crippen molar-refractivity contribution in [2.24, 2.45) is 16.1 Å². The summed E-state index contributed by atoms with van der Waals surface area (Å²) in [6, 6.07) is 19.1. The fourth-order valence-corrected chi connectivity index (χ4v) is 4.46. The molecule has 1 aromatic heterocycles. The van der Waals surface area contributed by atoms with E-state index in [-0.39, 0.29) is 0 Å². The summed E-state index contributed by atoms with van der Waals surface area (Å²) in [5, 5.41) is 13.1. The molecule has 0 radical (unpaired) electrons. The van der Waals surface area contributed by atoms with Gasteiger partial charge in [0.25, 0.3) is 0 Å². The molecule has 0 N–H and O–H groups in total. The van der Waals surface area contributed by atoms with Crippen LogP contribution in [0.3, 0.4) is 0 Å². The summed E-state index contributed by atoms with van der Waals surface area (Å²) in [6.45, 7) is 14.7. The normalized spacial score (nSPS) is 15.2. The fraction of sp³-hybridized carbons (Fsp3) is 0.300. The third kappa shape index (κ3) is 5.33. The lowest BCUT2D eigenvalue weighted by Crippen LogP contribution is -2.20. The maximum Gasteiger partial charge on any atom is 0.165 e. The van der Waals surface area contributed by atoms with Crippen LogP contribution in [0.25, 0.3) is 5.57 Å². The second kappa shape index (κ2) is 10.6. The molecule has 0 saturated carbocycles. The van der Waals surface area contributed by atoms with E-state index in [0.717, 1.165) is 60.4 Å². The van der Waals surface area contributed by atoms with E-state index in [1.807, 2.05) is 19.9 Å². The van der Waals surface area contributed by atoms with Crippen LogP contribution in [0.4, 0.5) is 0 Å². The zero-order valence-electron chi connectivity index (χ0n) is 20.5. The van der Waals surface area contributed by atoms with Gasteiger partial charge in [-0.25, -0.2) is 0 Å². The third-order valence-corrected chi connectivity index (χ3v) is 6.60. The second-order valence-corrected chi connectivity index (χ2v) is 9.15. The zero-order valence-corrected chi connectivity index (χ0v) is 20.5. The van der Waals surface area contributed by atoms with Crippen molar-refractivity contribution >= 4 is 17.0 Å². The van der Waals surface area contributed by atoms with Crippen molar-refractivity contribution in [1.82, 2.24) is 5.16 Å². The number of nitrogens with zero attached hydrogens (tertiary/aromatic N) is 3. The van der Waals surface area contributed by atoms with Crippen LogP contribution in [-0.4, -0.2) is 16.6 Å². The summed E-state index contributed by atoms with van der Waals surface area (Å²) < 4.78 is 5.44. The highest BCUT2D eigenvalue weighted by Gasteiger charge is 2.26. The first kappa shape index (κ1) is 23.6. The highest BCUT2D eigenvalue weighted by Crippen LogP contribution is 2.26. The maximum absolute atomic E-state index is 5.44. The molecule has 0 bridgehead atoms. The molecule has 1 aliphatic rings. The van der Waals surface area contributed by atoms with Gasteiger partial charge >= 0.3 is 0 Å². The predicted molar refractivity (Wildman–Crippen MR) is 141 cm³/mol. The zero-order chi connectivity index (χ0) is 24.1. The van der Waals surface area contributed by atoms with Gasteiger partial charge < -0.3 is 4.52 Å². The Morgan fingerprint density at radius 2 is 1.59 bits per heavy atom. The van der Waals surface area contributed by atoms with Crippen LogP contribution < -0.4 is 0 Å². The highest BCUT2D eigenvalue weighted by molar-refractivity contribution is 6.17. The standard InChI is InChI=1S/C30H33N3O/c1-6-27-28(31-32-29(27)26-10-8-7-9-11-26)17-12-20(2)18-24-13-15-25(16-14-24)19-21(3)30-22(4)23(5)33-34-30/h7-11,13-16,27H,2-3,6,12,17-19H2,1,4-5H3. The molecule has 0 fully saturated rings. The van der Waals surface area contributed by atoms with Gasteiger partial charge in [0.1, 0.15) is 0 Å². The van der Waals surface area contributed by atoms with Gasteiger partial charge in [-0.05, 0) is 61.8 Å². The Labute approximate surface area is 202 Å². The lowest BCUT2D eigenvalue weighted by Gasteiger charge is -2.14. The average molecular weight is 452 g/mol. The van der Waals surface area contributed by atoms with Gasteiger partial charge in [0.05, 0.1) is 11.4 Å².